The lowest BCUT2D eigenvalue weighted by Crippen LogP contribution is -2.30. The fourth-order valence-electron chi connectivity index (χ4n) is 2.56. The lowest BCUT2D eigenvalue weighted by molar-refractivity contribution is 0.349. The summed E-state index contributed by atoms with van der Waals surface area (Å²) < 4.78 is 0. The van der Waals surface area contributed by atoms with Crippen LogP contribution < -0.4 is 10.6 Å². The number of pyridine rings is 1. The maximum Gasteiger partial charge on any atom is 0.0549 e. The molecular formula is C14H23N3. The van der Waals surface area contributed by atoms with Crippen molar-refractivity contribution in [3.63, 3.8) is 0 Å². The molecule has 17 heavy (non-hydrogen) atoms. The average molecular weight is 233 g/mol. The number of hydrogen-bond acceptors (Lipinski definition) is 3. The number of anilines is 2. The minimum Gasteiger partial charge on any atom is -0.384 e. The van der Waals surface area contributed by atoms with Crippen LogP contribution >= 0.6 is 0 Å². The molecule has 1 aromatic heterocycles. The predicted molar refractivity (Wildman–Crippen MR) is 73.4 cm³/mol. The van der Waals surface area contributed by atoms with Crippen LogP contribution in [0.3, 0.4) is 0 Å². The van der Waals surface area contributed by atoms with E-state index in [1.807, 2.05) is 12.4 Å². The van der Waals surface area contributed by atoms with Gasteiger partial charge in [-0.25, -0.2) is 0 Å². The van der Waals surface area contributed by atoms with Gasteiger partial charge in [0.2, 0.25) is 0 Å². The van der Waals surface area contributed by atoms with Crippen molar-refractivity contribution in [3.8, 4) is 0 Å². The molecule has 0 aliphatic heterocycles. The van der Waals surface area contributed by atoms with Crippen LogP contribution in [0.25, 0.3) is 0 Å². The third-order valence-corrected chi connectivity index (χ3v) is 3.58. The zero-order valence-corrected chi connectivity index (χ0v) is 10.9. The first-order valence-corrected chi connectivity index (χ1v) is 6.75. The summed E-state index contributed by atoms with van der Waals surface area (Å²) in [4.78, 5) is 4.27. The van der Waals surface area contributed by atoms with E-state index in [4.69, 9.17) is 0 Å². The first kappa shape index (κ1) is 12.2. The summed E-state index contributed by atoms with van der Waals surface area (Å²) in [5, 5.41) is 6.92. The van der Waals surface area contributed by atoms with Gasteiger partial charge in [-0.05, 0) is 31.7 Å². The molecule has 1 aliphatic carbocycles. The van der Waals surface area contributed by atoms with Crippen molar-refractivity contribution in [2.75, 3.05) is 17.2 Å². The van der Waals surface area contributed by atoms with E-state index in [0.29, 0.717) is 6.04 Å². The standard InChI is InChI=1S/C14H23N3/c1-3-16-12-8-13(10-15-9-12)17-14-7-5-4-6-11(14)2/h8-11,14,16-17H,3-7H2,1-2H3. The highest BCUT2D eigenvalue weighted by atomic mass is 15.0. The predicted octanol–water partition coefficient (Wildman–Crippen LogP) is 3.50. The summed E-state index contributed by atoms with van der Waals surface area (Å²) in [5.74, 6) is 0.770. The van der Waals surface area contributed by atoms with Gasteiger partial charge >= 0.3 is 0 Å². The molecular weight excluding hydrogens is 210 g/mol. The number of nitrogens with zero attached hydrogens (tertiary/aromatic N) is 1. The molecule has 2 atom stereocenters. The van der Waals surface area contributed by atoms with Gasteiger partial charge in [0.05, 0.1) is 23.8 Å². The second-order valence-electron chi connectivity index (χ2n) is 5.01. The van der Waals surface area contributed by atoms with E-state index in [2.05, 4.69) is 35.5 Å². The Morgan fingerprint density at radius 3 is 2.76 bits per heavy atom. The van der Waals surface area contributed by atoms with Gasteiger partial charge in [-0.15, -0.1) is 0 Å². The zero-order chi connectivity index (χ0) is 12.1. The van der Waals surface area contributed by atoms with Crippen LogP contribution in [0.4, 0.5) is 11.4 Å². The third-order valence-electron chi connectivity index (χ3n) is 3.58. The average Bonchev–Trinajstić information content (AvgIpc) is 2.33. The minimum atomic E-state index is 0.613. The number of aromatic nitrogens is 1. The molecule has 2 unspecified atom stereocenters. The van der Waals surface area contributed by atoms with Gasteiger partial charge in [0.25, 0.3) is 0 Å². The Kier molecular flexibility index (Phi) is 4.24. The van der Waals surface area contributed by atoms with Crippen LogP contribution in [0.1, 0.15) is 39.5 Å². The molecule has 1 saturated carbocycles. The molecule has 0 amide bonds. The zero-order valence-electron chi connectivity index (χ0n) is 10.9. The van der Waals surface area contributed by atoms with Crippen LogP contribution in [-0.2, 0) is 0 Å². The third kappa shape index (κ3) is 3.35. The van der Waals surface area contributed by atoms with Crippen molar-refractivity contribution < 1.29 is 0 Å². The van der Waals surface area contributed by atoms with Crippen LogP contribution in [-0.4, -0.2) is 17.6 Å². The smallest absolute Gasteiger partial charge is 0.0549 e. The topological polar surface area (TPSA) is 37.0 Å². The molecule has 0 radical (unpaired) electrons. The summed E-state index contributed by atoms with van der Waals surface area (Å²) in [5.41, 5.74) is 2.24. The van der Waals surface area contributed by atoms with E-state index >= 15 is 0 Å². The largest absolute Gasteiger partial charge is 0.384 e. The maximum absolute atomic E-state index is 4.27. The summed E-state index contributed by atoms with van der Waals surface area (Å²) in [6.45, 7) is 5.38. The van der Waals surface area contributed by atoms with Crippen LogP contribution in [0.5, 0.6) is 0 Å². The van der Waals surface area contributed by atoms with Gasteiger partial charge in [0.15, 0.2) is 0 Å². The van der Waals surface area contributed by atoms with Crippen LogP contribution in [0, 0.1) is 5.92 Å². The molecule has 0 spiro atoms. The summed E-state index contributed by atoms with van der Waals surface area (Å²) >= 11 is 0. The Morgan fingerprint density at radius 2 is 2.00 bits per heavy atom. The van der Waals surface area contributed by atoms with Gasteiger partial charge in [-0.1, -0.05) is 19.8 Å². The van der Waals surface area contributed by atoms with Crippen molar-refractivity contribution in [2.45, 2.75) is 45.6 Å². The van der Waals surface area contributed by atoms with E-state index in [1.54, 1.807) is 0 Å². The minimum absolute atomic E-state index is 0.613. The molecule has 0 bridgehead atoms. The monoisotopic (exact) mass is 233 g/mol. The molecule has 1 heterocycles. The summed E-state index contributed by atoms with van der Waals surface area (Å²) in [7, 11) is 0. The second-order valence-corrected chi connectivity index (χ2v) is 5.01. The van der Waals surface area contributed by atoms with Crippen molar-refractivity contribution in [3.05, 3.63) is 18.5 Å². The van der Waals surface area contributed by atoms with Crippen molar-refractivity contribution >= 4 is 11.4 Å². The highest BCUT2D eigenvalue weighted by molar-refractivity contribution is 5.54. The highest BCUT2D eigenvalue weighted by Gasteiger charge is 2.20. The Balaban J connectivity index is 1.99. The Morgan fingerprint density at radius 1 is 1.24 bits per heavy atom. The van der Waals surface area contributed by atoms with Gasteiger partial charge in [0, 0.05) is 12.6 Å². The number of rotatable bonds is 4. The lowest BCUT2D eigenvalue weighted by atomic mass is 9.86. The fraction of sp³-hybridized carbons (Fsp3) is 0.643. The molecule has 1 aliphatic rings. The number of hydrogen-bond donors (Lipinski definition) is 2. The first-order chi connectivity index (χ1) is 8.29. The van der Waals surface area contributed by atoms with Crippen LogP contribution in [0.2, 0.25) is 0 Å². The molecule has 3 heteroatoms. The van der Waals surface area contributed by atoms with Gasteiger partial charge in [-0.2, -0.15) is 0 Å². The number of nitrogens with one attached hydrogen (secondary N) is 2. The SMILES string of the molecule is CCNc1cncc(NC2CCCCC2C)c1. The molecule has 3 nitrogen and oxygen atoms in total. The van der Waals surface area contributed by atoms with Gasteiger partial charge < -0.3 is 10.6 Å². The maximum atomic E-state index is 4.27. The first-order valence-electron chi connectivity index (χ1n) is 6.75. The van der Waals surface area contributed by atoms with Gasteiger partial charge in [-0.3, -0.25) is 4.98 Å². The molecule has 1 fully saturated rings. The van der Waals surface area contributed by atoms with Crippen molar-refractivity contribution in [1.29, 1.82) is 0 Å². The fourth-order valence-corrected chi connectivity index (χ4v) is 2.56. The quantitative estimate of drug-likeness (QED) is 0.835. The van der Waals surface area contributed by atoms with E-state index in [9.17, 15) is 0 Å². The van der Waals surface area contributed by atoms with E-state index < -0.39 is 0 Å². The molecule has 0 saturated heterocycles. The molecule has 0 aromatic carbocycles. The summed E-state index contributed by atoms with van der Waals surface area (Å²) in [6.07, 6.45) is 9.16. The Labute approximate surface area is 104 Å². The van der Waals surface area contributed by atoms with Crippen LogP contribution in [0.15, 0.2) is 18.5 Å². The lowest BCUT2D eigenvalue weighted by Gasteiger charge is -2.30. The van der Waals surface area contributed by atoms with Gasteiger partial charge in [0.1, 0.15) is 0 Å². The Hall–Kier alpha value is -1.25. The van der Waals surface area contributed by atoms with Crippen molar-refractivity contribution in [2.24, 2.45) is 5.92 Å². The Bertz CT molecular complexity index is 351. The molecule has 2 rings (SSSR count). The molecule has 1 aromatic rings. The normalized spacial score (nSPS) is 24.4. The van der Waals surface area contributed by atoms with E-state index in [1.165, 1.54) is 25.7 Å². The van der Waals surface area contributed by atoms with E-state index in [0.717, 1.165) is 23.8 Å². The highest BCUT2D eigenvalue weighted by Crippen LogP contribution is 2.27. The second kappa shape index (κ2) is 5.89. The molecule has 2 N–H and O–H groups in total. The van der Waals surface area contributed by atoms with E-state index in [-0.39, 0.29) is 0 Å². The van der Waals surface area contributed by atoms with Crippen molar-refractivity contribution in [1.82, 2.24) is 4.98 Å². The molecule has 94 valence electrons. The summed E-state index contributed by atoms with van der Waals surface area (Å²) in [6, 6.07) is 2.76.